The third kappa shape index (κ3) is 5.04. The van der Waals surface area contributed by atoms with Crippen molar-refractivity contribution in [1.82, 2.24) is 19.6 Å². The number of hydrogen-bond donors (Lipinski definition) is 1. The van der Waals surface area contributed by atoms with Crippen LogP contribution in [0.5, 0.6) is 5.75 Å². The Balaban J connectivity index is 1.34. The fourth-order valence-electron chi connectivity index (χ4n) is 5.62. The first-order chi connectivity index (χ1) is 16.7. The lowest BCUT2D eigenvalue weighted by Crippen LogP contribution is -2.49. The van der Waals surface area contributed by atoms with Crippen molar-refractivity contribution in [1.29, 1.82) is 0 Å². The first-order valence-electron chi connectivity index (χ1n) is 12.4. The van der Waals surface area contributed by atoms with Gasteiger partial charge in [-0.1, -0.05) is 0 Å². The molecule has 0 unspecified atom stereocenters. The van der Waals surface area contributed by atoms with Crippen LogP contribution in [0.3, 0.4) is 0 Å². The van der Waals surface area contributed by atoms with Crippen molar-refractivity contribution in [2.75, 3.05) is 26.2 Å². The number of nitrogens with zero attached hydrogens (tertiary/aromatic N) is 4. The highest BCUT2D eigenvalue weighted by atomic mass is 19.4. The van der Waals surface area contributed by atoms with Gasteiger partial charge in [0.2, 0.25) is 0 Å². The summed E-state index contributed by atoms with van der Waals surface area (Å²) in [6, 6.07) is 6.22. The standard InChI is InChI=1S/C25H31F3N4O3/c1-16-22(24(34)30-13-10-18(11-14-30)31-12-2-3-20(31)15-33)23(17-4-5-17)32(29-16)19-6-8-21(9-7-19)35-25(26,27)28/h6-9,17-18,20,33H,2-5,10-15H2,1H3/t20-/m0/s1. The van der Waals surface area contributed by atoms with Crippen LogP contribution in [-0.4, -0.2) is 75.3 Å². The number of rotatable bonds is 6. The van der Waals surface area contributed by atoms with Crippen molar-refractivity contribution in [2.45, 2.75) is 69.8 Å². The molecule has 1 aromatic carbocycles. The maximum atomic E-state index is 13.7. The van der Waals surface area contributed by atoms with E-state index in [1.54, 1.807) is 4.68 Å². The Bertz CT molecular complexity index is 1060. The van der Waals surface area contributed by atoms with Gasteiger partial charge in [0.25, 0.3) is 5.91 Å². The zero-order chi connectivity index (χ0) is 24.7. The summed E-state index contributed by atoms with van der Waals surface area (Å²) in [6.45, 7) is 4.34. The molecule has 1 aliphatic carbocycles. The molecule has 1 aromatic heterocycles. The summed E-state index contributed by atoms with van der Waals surface area (Å²) in [6.07, 6.45) is 1.08. The topological polar surface area (TPSA) is 70.8 Å². The number of aliphatic hydroxyl groups is 1. The lowest BCUT2D eigenvalue weighted by molar-refractivity contribution is -0.274. The molecular weight excluding hydrogens is 461 g/mol. The second-order valence-electron chi connectivity index (χ2n) is 9.81. The number of hydrogen-bond acceptors (Lipinski definition) is 5. The lowest BCUT2D eigenvalue weighted by Gasteiger charge is -2.39. The molecule has 1 amide bonds. The van der Waals surface area contributed by atoms with Gasteiger partial charge in [-0.15, -0.1) is 13.2 Å². The second kappa shape index (κ2) is 9.46. The van der Waals surface area contributed by atoms with Gasteiger partial charge in [-0.2, -0.15) is 5.10 Å². The van der Waals surface area contributed by atoms with Crippen molar-refractivity contribution in [3.05, 3.63) is 41.2 Å². The second-order valence-corrected chi connectivity index (χ2v) is 9.81. The third-order valence-electron chi connectivity index (χ3n) is 7.44. The van der Waals surface area contributed by atoms with Gasteiger partial charge < -0.3 is 14.7 Å². The summed E-state index contributed by atoms with van der Waals surface area (Å²) in [5, 5.41) is 14.3. The van der Waals surface area contributed by atoms with Crippen LogP contribution in [0.2, 0.25) is 0 Å². The molecule has 1 saturated carbocycles. The van der Waals surface area contributed by atoms with Crippen molar-refractivity contribution in [3.63, 3.8) is 0 Å². The quantitative estimate of drug-likeness (QED) is 0.660. The largest absolute Gasteiger partial charge is 0.573 e. The molecule has 7 nitrogen and oxygen atoms in total. The summed E-state index contributed by atoms with van der Waals surface area (Å²) in [5.41, 5.74) is 2.70. The van der Waals surface area contributed by atoms with Crippen LogP contribution in [0.15, 0.2) is 24.3 Å². The zero-order valence-electron chi connectivity index (χ0n) is 19.8. The highest BCUT2D eigenvalue weighted by molar-refractivity contribution is 5.97. The van der Waals surface area contributed by atoms with E-state index in [9.17, 15) is 23.1 Å². The molecule has 0 radical (unpaired) electrons. The predicted molar refractivity (Wildman–Crippen MR) is 123 cm³/mol. The SMILES string of the molecule is Cc1nn(-c2ccc(OC(F)(F)F)cc2)c(C2CC2)c1C(=O)N1CCC(N2CCC[C@H]2CO)CC1. The third-order valence-corrected chi connectivity index (χ3v) is 7.44. The number of ether oxygens (including phenoxy) is 1. The van der Waals surface area contributed by atoms with Gasteiger partial charge in [0.15, 0.2) is 0 Å². The Kier molecular flexibility index (Phi) is 6.52. The van der Waals surface area contributed by atoms with E-state index in [1.807, 2.05) is 11.8 Å². The van der Waals surface area contributed by atoms with Gasteiger partial charge in [0.1, 0.15) is 5.75 Å². The monoisotopic (exact) mass is 492 g/mol. The minimum Gasteiger partial charge on any atom is -0.406 e. The van der Waals surface area contributed by atoms with Crippen molar-refractivity contribution >= 4 is 5.91 Å². The smallest absolute Gasteiger partial charge is 0.406 e. The highest BCUT2D eigenvalue weighted by Crippen LogP contribution is 2.44. The molecule has 190 valence electrons. The molecule has 5 rings (SSSR count). The predicted octanol–water partition coefficient (Wildman–Crippen LogP) is 4.02. The molecule has 2 aliphatic heterocycles. The van der Waals surface area contributed by atoms with Gasteiger partial charge in [-0.05, 0) is 76.3 Å². The van der Waals surface area contributed by atoms with Gasteiger partial charge in [0, 0.05) is 31.1 Å². The summed E-state index contributed by atoms with van der Waals surface area (Å²) < 4.78 is 43.2. The van der Waals surface area contributed by atoms with Gasteiger partial charge >= 0.3 is 6.36 Å². The Hall–Kier alpha value is -2.59. The van der Waals surface area contributed by atoms with Crippen LogP contribution in [0, 0.1) is 6.92 Å². The van der Waals surface area contributed by atoms with E-state index in [0.29, 0.717) is 36.1 Å². The summed E-state index contributed by atoms with van der Waals surface area (Å²) in [7, 11) is 0. The molecule has 0 bridgehead atoms. The molecule has 3 heterocycles. The number of aromatic nitrogens is 2. The van der Waals surface area contributed by atoms with E-state index in [4.69, 9.17) is 0 Å². The Morgan fingerprint density at radius 2 is 1.77 bits per heavy atom. The van der Waals surface area contributed by atoms with E-state index in [-0.39, 0.29) is 30.2 Å². The number of aryl methyl sites for hydroxylation is 1. The van der Waals surface area contributed by atoms with Crippen molar-refractivity contribution in [2.24, 2.45) is 0 Å². The number of amides is 1. The molecule has 2 aromatic rings. The van der Waals surface area contributed by atoms with Crippen LogP contribution in [0.25, 0.3) is 5.69 Å². The number of piperidine rings is 1. The molecule has 10 heteroatoms. The molecule has 2 saturated heterocycles. The molecular formula is C25H31F3N4O3. The van der Waals surface area contributed by atoms with E-state index in [2.05, 4.69) is 14.7 Å². The number of carbonyl (C=O) groups excluding carboxylic acids is 1. The van der Waals surface area contributed by atoms with Crippen LogP contribution >= 0.6 is 0 Å². The number of aliphatic hydroxyl groups excluding tert-OH is 1. The average Bonchev–Trinajstić information content (AvgIpc) is 3.45. The van der Waals surface area contributed by atoms with E-state index in [1.165, 1.54) is 24.3 Å². The molecule has 0 spiro atoms. The minimum absolute atomic E-state index is 0.0220. The first-order valence-corrected chi connectivity index (χ1v) is 12.4. The number of likely N-dealkylation sites (tertiary alicyclic amines) is 2. The summed E-state index contributed by atoms with van der Waals surface area (Å²) in [5.74, 6) is -0.0985. The normalized spacial score (nSPS) is 22.1. The number of benzene rings is 1. The Morgan fingerprint density at radius 1 is 1.09 bits per heavy atom. The van der Waals surface area contributed by atoms with E-state index >= 15 is 0 Å². The summed E-state index contributed by atoms with van der Waals surface area (Å²) >= 11 is 0. The van der Waals surface area contributed by atoms with Crippen LogP contribution < -0.4 is 4.74 Å². The first kappa shape index (κ1) is 24.1. The molecule has 3 aliphatic rings. The minimum atomic E-state index is -4.75. The fraction of sp³-hybridized carbons (Fsp3) is 0.600. The fourth-order valence-corrected chi connectivity index (χ4v) is 5.62. The summed E-state index contributed by atoms with van der Waals surface area (Å²) in [4.78, 5) is 18.0. The highest BCUT2D eigenvalue weighted by Gasteiger charge is 2.38. The van der Waals surface area contributed by atoms with Crippen molar-refractivity contribution in [3.8, 4) is 11.4 Å². The van der Waals surface area contributed by atoms with E-state index in [0.717, 1.165) is 50.8 Å². The molecule has 1 N–H and O–H groups in total. The average molecular weight is 493 g/mol. The maximum Gasteiger partial charge on any atom is 0.573 e. The van der Waals surface area contributed by atoms with Crippen LogP contribution in [0.1, 0.15) is 66.2 Å². The van der Waals surface area contributed by atoms with Gasteiger partial charge in [0.05, 0.1) is 29.2 Å². The van der Waals surface area contributed by atoms with Gasteiger partial charge in [-0.3, -0.25) is 9.69 Å². The van der Waals surface area contributed by atoms with Gasteiger partial charge in [-0.25, -0.2) is 4.68 Å². The maximum absolute atomic E-state index is 13.7. The zero-order valence-corrected chi connectivity index (χ0v) is 19.8. The lowest BCUT2D eigenvalue weighted by atomic mass is 10.0. The Morgan fingerprint density at radius 3 is 2.37 bits per heavy atom. The Labute approximate surface area is 202 Å². The number of alkyl halides is 3. The van der Waals surface area contributed by atoms with Crippen LogP contribution in [-0.2, 0) is 0 Å². The number of halogens is 3. The molecule has 1 atom stereocenters. The number of carbonyl (C=O) groups is 1. The van der Waals surface area contributed by atoms with Crippen molar-refractivity contribution < 1.29 is 27.8 Å². The van der Waals surface area contributed by atoms with E-state index < -0.39 is 6.36 Å². The molecule has 35 heavy (non-hydrogen) atoms. The van der Waals surface area contributed by atoms with Crippen LogP contribution in [0.4, 0.5) is 13.2 Å². The molecule has 3 fully saturated rings.